The van der Waals surface area contributed by atoms with Gasteiger partial charge in [-0.15, -0.1) is 0 Å². The lowest BCUT2D eigenvalue weighted by Gasteiger charge is -2.12. The van der Waals surface area contributed by atoms with Crippen molar-refractivity contribution in [1.29, 1.82) is 0 Å². The van der Waals surface area contributed by atoms with Crippen LogP contribution in [0.2, 0.25) is 0 Å². The summed E-state index contributed by atoms with van der Waals surface area (Å²) in [6.07, 6.45) is 0. The molecule has 5 nitrogen and oxygen atoms in total. The van der Waals surface area contributed by atoms with E-state index in [1.165, 1.54) is 20.3 Å². The molecule has 2 aromatic carbocycles. The van der Waals surface area contributed by atoms with Crippen LogP contribution in [-0.4, -0.2) is 26.1 Å². The van der Waals surface area contributed by atoms with E-state index in [1.54, 1.807) is 18.2 Å². The molecule has 0 aromatic heterocycles. The van der Waals surface area contributed by atoms with Crippen LogP contribution in [0.3, 0.4) is 0 Å². The van der Waals surface area contributed by atoms with Crippen LogP contribution in [0.15, 0.2) is 40.9 Å². The van der Waals surface area contributed by atoms with Crippen LogP contribution in [0, 0.1) is 3.57 Å². The maximum absolute atomic E-state index is 12.5. The summed E-state index contributed by atoms with van der Waals surface area (Å²) in [7, 11) is 2.78. The number of amides is 1. The van der Waals surface area contributed by atoms with Gasteiger partial charge in [0.15, 0.2) is 0 Å². The lowest BCUT2D eigenvalue weighted by Crippen LogP contribution is -2.16. The molecule has 7 heteroatoms. The van der Waals surface area contributed by atoms with Gasteiger partial charge in [0.2, 0.25) is 0 Å². The van der Waals surface area contributed by atoms with Gasteiger partial charge in [-0.1, -0.05) is 15.9 Å². The number of anilines is 1. The fourth-order valence-electron chi connectivity index (χ4n) is 1.90. The maximum atomic E-state index is 12.5. The quantitative estimate of drug-likeness (QED) is 0.518. The summed E-state index contributed by atoms with van der Waals surface area (Å²) in [5.74, 6) is -0.366. The van der Waals surface area contributed by atoms with Crippen molar-refractivity contribution in [3.8, 4) is 5.75 Å². The maximum Gasteiger partial charge on any atom is 0.340 e. The van der Waals surface area contributed by atoms with Crippen molar-refractivity contribution in [2.45, 2.75) is 0 Å². The Morgan fingerprint density at radius 3 is 2.48 bits per heavy atom. The highest BCUT2D eigenvalue weighted by Crippen LogP contribution is 2.25. The highest BCUT2D eigenvalue weighted by Gasteiger charge is 2.17. The number of benzene rings is 2. The molecule has 0 bridgehead atoms. The molecule has 0 aliphatic rings. The van der Waals surface area contributed by atoms with Crippen LogP contribution in [0.25, 0.3) is 0 Å². The summed E-state index contributed by atoms with van der Waals surface area (Å²) in [5.41, 5.74) is 1.09. The molecule has 0 saturated heterocycles. The number of nitrogens with one attached hydrogen (secondary N) is 1. The largest absolute Gasteiger partial charge is 0.497 e. The van der Waals surface area contributed by atoms with E-state index in [4.69, 9.17) is 9.47 Å². The molecular weight excluding hydrogens is 477 g/mol. The predicted molar refractivity (Wildman–Crippen MR) is 99.1 cm³/mol. The molecule has 120 valence electrons. The highest BCUT2D eigenvalue weighted by atomic mass is 127. The van der Waals surface area contributed by atoms with E-state index < -0.39 is 5.97 Å². The summed E-state index contributed by atoms with van der Waals surface area (Å²) in [5, 5.41) is 2.74. The first-order chi connectivity index (χ1) is 11.0. The predicted octanol–water partition coefficient (Wildman–Crippen LogP) is 4.10. The second kappa shape index (κ2) is 7.78. The third-order valence-corrected chi connectivity index (χ3v) is 4.49. The van der Waals surface area contributed by atoms with Gasteiger partial charge in [-0.25, -0.2) is 4.79 Å². The summed E-state index contributed by atoms with van der Waals surface area (Å²) in [4.78, 5) is 24.4. The Morgan fingerprint density at radius 1 is 1.09 bits per heavy atom. The first-order valence-corrected chi connectivity index (χ1v) is 8.36. The minimum absolute atomic E-state index is 0.227. The smallest absolute Gasteiger partial charge is 0.340 e. The summed E-state index contributed by atoms with van der Waals surface area (Å²) in [6, 6.07) is 10.2. The lowest BCUT2D eigenvalue weighted by molar-refractivity contribution is 0.0601. The molecule has 0 radical (unpaired) electrons. The Kier molecular flexibility index (Phi) is 6.00. The van der Waals surface area contributed by atoms with E-state index in [2.05, 4.69) is 43.8 Å². The zero-order valence-electron chi connectivity index (χ0n) is 12.4. The van der Waals surface area contributed by atoms with Gasteiger partial charge in [-0.2, -0.15) is 0 Å². The van der Waals surface area contributed by atoms with Crippen LogP contribution < -0.4 is 10.1 Å². The average molecular weight is 490 g/mol. The van der Waals surface area contributed by atoms with Crippen molar-refractivity contribution in [2.24, 2.45) is 0 Å². The number of carbonyl (C=O) groups is 2. The SMILES string of the molecule is COC(=O)c1cc(OC)ccc1NC(=O)c1cc(Br)ccc1I. The van der Waals surface area contributed by atoms with Crippen molar-refractivity contribution in [3.05, 3.63) is 55.6 Å². The molecule has 0 aliphatic heterocycles. The molecule has 0 spiro atoms. The van der Waals surface area contributed by atoms with E-state index in [-0.39, 0.29) is 11.5 Å². The zero-order chi connectivity index (χ0) is 17.0. The number of carbonyl (C=O) groups excluding carboxylic acids is 2. The number of ether oxygens (including phenoxy) is 2. The Morgan fingerprint density at radius 2 is 1.83 bits per heavy atom. The molecule has 0 atom stereocenters. The summed E-state index contributed by atoms with van der Waals surface area (Å²) < 4.78 is 11.5. The van der Waals surface area contributed by atoms with Gasteiger partial charge in [0.1, 0.15) is 5.75 Å². The average Bonchev–Trinajstić information content (AvgIpc) is 2.56. The number of halogens is 2. The second-order valence-corrected chi connectivity index (χ2v) is 6.56. The molecule has 0 fully saturated rings. The van der Waals surface area contributed by atoms with Gasteiger partial charge in [0.25, 0.3) is 5.91 Å². The zero-order valence-corrected chi connectivity index (χ0v) is 16.1. The molecule has 0 heterocycles. The third kappa shape index (κ3) is 4.23. The Labute approximate surface area is 155 Å². The van der Waals surface area contributed by atoms with Crippen molar-refractivity contribution < 1.29 is 19.1 Å². The topological polar surface area (TPSA) is 64.6 Å². The van der Waals surface area contributed by atoms with Crippen molar-refractivity contribution in [2.75, 3.05) is 19.5 Å². The van der Waals surface area contributed by atoms with Crippen LogP contribution in [0.1, 0.15) is 20.7 Å². The monoisotopic (exact) mass is 489 g/mol. The molecule has 0 unspecified atom stereocenters. The molecular formula is C16H13BrINO4. The van der Waals surface area contributed by atoms with Gasteiger partial charge in [0, 0.05) is 8.04 Å². The van der Waals surface area contributed by atoms with Crippen LogP contribution in [0.5, 0.6) is 5.75 Å². The van der Waals surface area contributed by atoms with Gasteiger partial charge < -0.3 is 14.8 Å². The second-order valence-electron chi connectivity index (χ2n) is 4.48. The molecule has 1 amide bonds. The van der Waals surface area contributed by atoms with Gasteiger partial charge in [-0.3, -0.25) is 4.79 Å². The lowest BCUT2D eigenvalue weighted by atomic mass is 10.1. The van der Waals surface area contributed by atoms with E-state index in [0.717, 1.165) is 8.04 Å². The molecule has 1 N–H and O–H groups in total. The molecule has 0 saturated carbocycles. The number of methoxy groups -OCH3 is 2. The van der Waals surface area contributed by atoms with Crippen LogP contribution in [0.4, 0.5) is 5.69 Å². The third-order valence-electron chi connectivity index (χ3n) is 3.05. The van der Waals surface area contributed by atoms with E-state index >= 15 is 0 Å². The van der Waals surface area contributed by atoms with E-state index in [0.29, 0.717) is 17.0 Å². The highest BCUT2D eigenvalue weighted by molar-refractivity contribution is 14.1. The van der Waals surface area contributed by atoms with Crippen LogP contribution >= 0.6 is 38.5 Å². The van der Waals surface area contributed by atoms with E-state index in [1.807, 2.05) is 12.1 Å². The molecule has 23 heavy (non-hydrogen) atoms. The number of hydrogen-bond donors (Lipinski definition) is 1. The first kappa shape index (κ1) is 17.7. The van der Waals surface area contributed by atoms with Crippen LogP contribution in [-0.2, 0) is 4.74 Å². The minimum atomic E-state index is -0.553. The van der Waals surface area contributed by atoms with E-state index in [9.17, 15) is 9.59 Å². The number of esters is 1. The van der Waals surface area contributed by atoms with Gasteiger partial charge in [-0.05, 0) is 59.0 Å². The fraction of sp³-hybridized carbons (Fsp3) is 0.125. The Balaban J connectivity index is 2.37. The normalized spacial score (nSPS) is 10.1. The Hall–Kier alpha value is -1.61. The van der Waals surface area contributed by atoms with Crippen molar-refractivity contribution in [1.82, 2.24) is 0 Å². The standard InChI is InChI=1S/C16H13BrINO4/c1-22-10-4-6-14(12(8-10)16(21)23-2)19-15(20)11-7-9(17)3-5-13(11)18/h3-8H,1-2H3,(H,19,20). The summed E-state index contributed by atoms with van der Waals surface area (Å²) >= 11 is 5.43. The number of hydrogen-bond acceptors (Lipinski definition) is 4. The minimum Gasteiger partial charge on any atom is -0.497 e. The molecule has 2 rings (SSSR count). The Bertz CT molecular complexity index is 764. The van der Waals surface area contributed by atoms with Crippen molar-refractivity contribution >= 4 is 56.1 Å². The fourth-order valence-corrected chi connectivity index (χ4v) is 2.84. The molecule has 0 aliphatic carbocycles. The summed E-state index contributed by atoms with van der Waals surface area (Å²) in [6.45, 7) is 0. The molecule has 2 aromatic rings. The van der Waals surface area contributed by atoms with Gasteiger partial charge in [0.05, 0.1) is 31.0 Å². The first-order valence-electron chi connectivity index (χ1n) is 6.49. The van der Waals surface area contributed by atoms with Crippen molar-refractivity contribution in [3.63, 3.8) is 0 Å². The number of rotatable bonds is 4. The van der Waals surface area contributed by atoms with Gasteiger partial charge >= 0.3 is 5.97 Å².